The lowest BCUT2D eigenvalue weighted by Gasteiger charge is -2.30. The second-order valence-corrected chi connectivity index (χ2v) is 9.73. The summed E-state index contributed by atoms with van der Waals surface area (Å²) in [5, 5.41) is 2.60. The molecule has 0 heterocycles. The largest absolute Gasteiger partial charge is 0.497 e. The summed E-state index contributed by atoms with van der Waals surface area (Å²) in [5.41, 5.74) is 1.16. The molecule has 0 aromatic heterocycles. The highest BCUT2D eigenvalue weighted by Gasteiger charge is 2.28. The fourth-order valence-corrected chi connectivity index (χ4v) is 4.59. The van der Waals surface area contributed by atoms with Gasteiger partial charge in [-0.3, -0.25) is 13.9 Å². The van der Waals surface area contributed by atoms with E-state index in [2.05, 4.69) is 5.32 Å². The number of halogens is 1. The van der Waals surface area contributed by atoms with Crippen LogP contribution in [0, 0.1) is 5.82 Å². The van der Waals surface area contributed by atoms with Gasteiger partial charge in [-0.05, 0) is 54.8 Å². The highest BCUT2D eigenvalue weighted by molar-refractivity contribution is 7.92. The van der Waals surface area contributed by atoms with Crippen LogP contribution in [0.15, 0.2) is 48.5 Å². The predicted octanol–water partition coefficient (Wildman–Crippen LogP) is 2.93. The van der Waals surface area contributed by atoms with Gasteiger partial charge in [-0.25, -0.2) is 12.8 Å². The number of nitrogens with zero attached hydrogens (tertiary/aromatic N) is 2. The topological polar surface area (TPSA) is 96.0 Å². The molecule has 0 bridgehead atoms. The second kappa shape index (κ2) is 12.4. The molecule has 0 saturated heterocycles. The van der Waals surface area contributed by atoms with E-state index in [0.29, 0.717) is 17.9 Å². The van der Waals surface area contributed by atoms with Crippen LogP contribution >= 0.6 is 0 Å². The van der Waals surface area contributed by atoms with Crippen LogP contribution in [0.5, 0.6) is 5.75 Å². The molecular formula is C24H32FN3O5S. The number of methoxy groups -OCH3 is 1. The monoisotopic (exact) mass is 493 g/mol. The highest BCUT2D eigenvalue weighted by Crippen LogP contribution is 2.20. The van der Waals surface area contributed by atoms with Crippen molar-refractivity contribution < 1.29 is 27.1 Å². The van der Waals surface area contributed by atoms with Crippen molar-refractivity contribution in [3.05, 3.63) is 59.9 Å². The molecule has 0 aliphatic heterocycles. The van der Waals surface area contributed by atoms with Crippen LogP contribution < -0.4 is 14.4 Å². The number of likely N-dealkylation sites (N-methyl/N-ethyl adjacent to an activating group) is 1. The van der Waals surface area contributed by atoms with E-state index < -0.39 is 21.9 Å². The Bertz CT molecular complexity index is 1060. The Kier molecular flexibility index (Phi) is 9.85. The first-order valence-corrected chi connectivity index (χ1v) is 12.8. The van der Waals surface area contributed by atoms with Gasteiger partial charge < -0.3 is 15.0 Å². The third kappa shape index (κ3) is 7.44. The summed E-state index contributed by atoms with van der Waals surface area (Å²) < 4.78 is 44.1. The van der Waals surface area contributed by atoms with Gasteiger partial charge in [0.25, 0.3) is 0 Å². The zero-order valence-corrected chi connectivity index (χ0v) is 20.8. The van der Waals surface area contributed by atoms with Gasteiger partial charge in [0.15, 0.2) is 0 Å². The molecule has 2 aromatic rings. The van der Waals surface area contributed by atoms with Crippen molar-refractivity contribution in [2.75, 3.05) is 31.3 Å². The molecule has 2 amide bonds. The van der Waals surface area contributed by atoms with E-state index in [1.54, 1.807) is 19.2 Å². The Balaban J connectivity index is 2.17. The van der Waals surface area contributed by atoms with Crippen molar-refractivity contribution in [2.24, 2.45) is 0 Å². The normalized spacial score (nSPS) is 12.0. The van der Waals surface area contributed by atoms with Crippen molar-refractivity contribution in [1.82, 2.24) is 10.2 Å². The molecule has 0 aliphatic rings. The molecule has 8 nitrogen and oxygen atoms in total. The second-order valence-electron chi connectivity index (χ2n) is 7.82. The maximum atomic E-state index is 13.3. The Hall–Kier alpha value is -3.14. The average molecular weight is 494 g/mol. The summed E-state index contributed by atoms with van der Waals surface area (Å²) in [5.74, 6) is -0.324. The minimum atomic E-state index is -3.63. The Morgan fingerprint density at radius 2 is 1.71 bits per heavy atom. The Labute approximate surface area is 200 Å². The van der Waals surface area contributed by atoms with E-state index in [-0.39, 0.29) is 37.7 Å². The summed E-state index contributed by atoms with van der Waals surface area (Å²) >= 11 is 0. The van der Waals surface area contributed by atoms with Crippen LogP contribution in [0.25, 0.3) is 0 Å². The smallest absolute Gasteiger partial charge is 0.242 e. The molecule has 0 saturated carbocycles. The van der Waals surface area contributed by atoms with Crippen molar-refractivity contribution in [1.29, 1.82) is 0 Å². The lowest BCUT2D eigenvalue weighted by atomic mass is 10.1. The first-order chi connectivity index (χ1) is 16.1. The van der Waals surface area contributed by atoms with Crippen molar-refractivity contribution in [3.63, 3.8) is 0 Å². The van der Waals surface area contributed by atoms with E-state index in [0.717, 1.165) is 16.1 Å². The van der Waals surface area contributed by atoms with Gasteiger partial charge in [-0.2, -0.15) is 0 Å². The minimum Gasteiger partial charge on any atom is -0.497 e. The quantitative estimate of drug-likeness (QED) is 0.491. The first-order valence-electron chi connectivity index (χ1n) is 11.0. The standard InChI is InChI=1S/C24H32FN3O5S/c1-5-22(24(30)26-2)27(17-18-8-14-21(33-3)15-9-18)23(29)7-6-16-28(34(4,31)32)20-12-10-19(25)11-13-20/h8-15,22H,5-7,16-17H2,1-4H3,(H,26,30)/t22-/m1/s1. The maximum Gasteiger partial charge on any atom is 0.242 e. The zero-order valence-electron chi connectivity index (χ0n) is 20.0. The van der Waals surface area contributed by atoms with Gasteiger partial charge in [0.1, 0.15) is 17.6 Å². The molecule has 10 heteroatoms. The number of carbonyl (C=O) groups is 2. The van der Waals surface area contributed by atoms with Crippen LogP contribution in [0.2, 0.25) is 0 Å². The number of carbonyl (C=O) groups excluding carboxylic acids is 2. The molecule has 0 unspecified atom stereocenters. The van der Waals surface area contributed by atoms with Crippen LogP contribution in [-0.2, 0) is 26.2 Å². The van der Waals surface area contributed by atoms with E-state index in [1.807, 2.05) is 19.1 Å². The van der Waals surface area contributed by atoms with Crippen molar-refractivity contribution in [2.45, 2.75) is 38.8 Å². The molecule has 2 rings (SSSR count). The van der Waals surface area contributed by atoms with Crippen LogP contribution in [0.3, 0.4) is 0 Å². The number of ether oxygens (including phenoxy) is 1. The van der Waals surface area contributed by atoms with Crippen LogP contribution in [0.1, 0.15) is 31.7 Å². The summed E-state index contributed by atoms with van der Waals surface area (Å²) in [4.78, 5) is 27.2. The molecule has 0 spiro atoms. The van der Waals surface area contributed by atoms with Crippen LogP contribution in [0.4, 0.5) is 10.1 Å². The molecule has 2 aromatic carbocycles. The minimum absolute atomic E-state index is 0.0386. The fraction of sp³-hybridized carbons (Fsp3) is 0.417. The molecule has 1 atom stereocenters. The van der Waals surface area contributed by atoms with E-state index >= 15 is 0 Å². The molecule has 186 valence electrons. The number of benzene rings is 2. The number of anilines is 1. The van der Waals surface area contributed by atoms with Gasteiger partial charge in [0, 0.05) is 26.6 Å². The van der Waals surface area contributed by atoms with Crippen molar-refractivity contribution >= 4 is 27.5 Å². The highest BCUT2D eigenvalue weighted by atomic mass is 32.2. The first kappa shape index (κ1) is 27.1. The average Bonchev–Trinajstić information content (AvgIpc) is 2.81. The number of hydrogen-bond donors (Lipinski definition) is 1. The number of amides is 2. The predicted molar refractivity (Wildman–Crippen MR) is 130 cm³/mol. The van der Waals surface area contributed by atoms with Crippen LogP contribution in [-0.4, -0.2) is 58.1 Å². The van der Waals surface area contributed by atoms with Crippen molar-refractivity contribution in [3.8, 4) is 5.75 Å². The van der Waals surface area contributed by atoms with Gasteiger partial charge >= 0.3 is 0 Å². The molecule has 34 heavy (non-hydrogen) atoms. The number of hydrogen-bond acceptors (Lipinski definition) is 5. The fourth-order valence-electron chi connectivity index (χ4n) is 3.63. The number of rotatable bonds is 12. The Morgan fingerprint density at radius 3 is 2.21 bits per heavy atom. The van der Waals surface area contributed by atoms with Gasteiger partial charge in [0.2, 0.25) is 21.8 Å². The summed E-state index contributed by atoms with van der Waals surface area (Å²) in [6.07, 6.45) is 1.75. The lowest BCUT2D eigenvalue weighted by molar-refractivity contribution is -0.141. The summed E-state index contributed by atoms with van der Waals surface area (Å²) in [7, 11) is -0.546. The summed E-state index contributed by atoms with van der Waals surface area (Å²) in [6, 6.07) is 11.7. The van der Waals surface area contributed by atoms with Gasteiger partial charge in [-0.15, -0.1) is 0 Å². The van der Waals surface area contributed by atoms with Gasteiger partial charge in [-0.1, -0.05) is 19.1 Å². The molecular weight excluding hydrogens is 461 g/mol. The lowest BCUT2D eigenvalue weighted by Crippen LogP contribution is -2.48. The Morgan fingerprint density at radius 1 is 1.09 bits per heavy atom. The van der Waals surface area contributed by atoms with E-state index in [4.69, 9.17) is 4.74 Å². The maximum absolute atomic E-state index is 13.3. The summed E-state index contributed by atoms with van der Waals surface area (Å²) in [6.45, 7) is 2.10. The SMILES string of the molecule is CC[C@H](C(=O)NC)N(Cc1ccc(OC)cc1)C(=O)CCCN(c1ccc(F)cc1)S(C)(=O)=O. The van der Waals surface area contributed by atoms with Gasteiger partial charge in [0.05, 0.1) is 19.1 Å². The third-order valence-electron chi connectivity index (χ3n) is 5.41. The van der Waals surface area contributed by atoms with E-state index in [9.17, 15) is 22.4 Å². The number of sulfonamides is 1. The molecule has 0 radical (unpaired) electrons. The van der Waals surface area contributed by atoms with E-state index in [1.165, 1.54) is 36.2 Å². The number of nitrogens with one attached hydrogen (secondary N) is 1. The molecule has 0 fully saturated rings. The third-order valence-corrected chi connectivity index (χ3v) is 6.61. The zero-order chi connectivity index (χ0) is 25.3. The molecule has 0 aliphatic carbocycles. The molecule has 1 N–H and O–H groups in total.